The second kappa shape index (κ2) is 5.10. The van der Waals surface area contributed by atoms with Crippen molar-refractivity contribution in [2.24, 2.45) is 0 Å². The number of aryl methyl sites for hydroxylation is 2. The lowest BCUT2D eigenvalue weighted by molar-refractivity contribution is 1.16. The zero-order valence-electron chi connectivity index (χ0n) is 9.88. The molecule has 0 fully saturated rings. The maximum Gasteiger partial charge on any atom is 0.0515 e. The summed E-state index contributed by atoms with van der Waals surface area (Å²) < 4.78 is 1.12. The minimum Gasteiger partial charge on any atom is -0.398 e. The van der Waals surface area contributed by atoms with Gasteiger partial charge in [-0.1, -0.05) is 15.9 Å². The molecule has 3 N–H and O–H groups in total. The fourth-order valence-electron chi connectivity index (χ4n) is 1.85. The standard InChI is InChI=1S/C13H15BrN2S/c1-8-5-10(14)6-9(2)13(8)16-7-12-11(15)3-4-17-12/h3-6,16H,7,15H2,1-2H3. The SMILES string of the molecule is Cc1cc(Br)cc(C)c1NCc1sccc1N. The van der Waals surface area contributed by atoms with Crippen molar-refractivity contribution in [3.8, 4) is 0 Å². The molecule has 0 aliphatic carbocycles. The average molecular weight is 311 g/mol. The van der Waals surface area contributed by atoms with Gasteiger partial charge in [-0.05, 0) is 48.6 Å². The Balaban J connectivity index is 2.17. The number of rotatable bonds is 3. The Hall–Kier alpha value is -1.00. The quantitative estimate of drug-likeness (QED) is 0.886. The first kappa shape index (κ1) is 12.5. The molecule has 2 aromatic rings. The molecule has 0 radical (unpaired) electrons. The minimum absolute atomic E-state index is 0.785. The highest BCUT2D eigenvalue weighted by atomic mass is 79.9. The fourth-order valence-corrected chi connectivity index (χ4v) is 3.28. The molecular formula is C13H15BrN2S. The summed E-state index contributed by atoms with van der Waals surface area (Å²) in [7, 11) is 0. The normalized spacial score (nSPS) is 10.5. The van der Waals surface area contributed by atoms with Crippen LogP contribution in [0.5, 0.6) is 0 Å². The van der Waals surface area contributed by atoms with Crippen LogP contribution >= 0.6 is 27.3 Å². The van der Waals surface area contributed by atoms with Gasteiger partial charge in [0.1, 0.15) is 0 Å². The third-order valence-corrected chi connectivity index (χ3v) is 4.10. The molecule has 1 heterocycles. The molecule has 0 aliphatic heterocycles. The zero-order valence-corrected chi connectivity index (χ0v) is 12.3. The van der Waals surface area contributed by atoms with Crippen LogP contribution in [-0.4, -0.2) is 0 Å². The lowest BCUT2D eigenvalue weighted by atomic mass is 10.1. The molecule has 1 aromatic heterocycles. The van der Waals surface area contributed by atoms with Gasteiger partial charge in [0.05, 0.1) is 6.54 Å². The van der Waals surface area contributed by atoms with E-state index in [0.29, 0.717) is 0 Å². The summed E-state index contributed by atoms with van der Waals surface area (Å²) in [5.41, 5.74) is 10.4. The molecule has 0 atom stereocenters. The van der Waals surface area contributed by atoms with Gasteiger partial charge in [0, 0.05) is 20.7 Å². The molecular weight excluding hydrogens is 296 g/mol. The third kappa shape index (κ3) is 2.82. The van der Waals surface area contributed by atoms with E-state index in [1.807, 2.05) is 11.4 Å². The van der Waals surface area contributed by atoms with Crippen LogP contribution in [0, 0.1) is 13.8 Å². The monoisotopic (exact) mass is 310 g/mol. The third-order valence-electron chi connectivity index (χ3n) is 2.70. The van der Waals surface area contributed by atoms with Gasteiger partial charge in [-0.15, -0.1) is 11.3 Å². The molecule has 0 spiro atoms. The molecule has 90 valence electrons. The Morgan fingerprint density at radius 2 is 1.94 bits per heavy atom. The Morgan fingerprint density at radius 3 is 2.47 bits per heavy atom. The first-order chi connectivity index (χ1) is 8.08. The first-order valence-electron chi connectivity index (χ1n) is 5.40. The number of benzene rings is 1. The van der Waals surface area contributed by atoms with Crippen molar-refractivity contribution < 1.29 is 0 Å². The van der Waals surface area contributed by atoms with E-state index in [4.69, 9.17) is 5.73 Å². The van der Waals surface area contributed by atoms with Crippen molar-refractivity contribution in [2.75, 3.05) is 11.1 Å². The molecule has 0 amide bonds. The smallest absolute Gasteiger partial charge is 0.0515 e. The van der Waals surface area contributed by atoms with Crippen LogP contribution < -0.4 is 11.1 Å². The van der Waals surface area contributed by atoms with Gasteiger partial charge in [-0.2, -0.15) is 0 Å². The van der Waals surface area contributed by atoms with Gasteiger partial charge in [0.25, 0.3) is 0 Å². The number of anilines is 2. The molecule has 1 aromatic carbocycles. The van der Waals surface area contributed by atoms with Crippen molar-refractivity contribution in [1.82, 2.24) is 0 Å². The van der Waals surface area contributed by atoms with Gasteiger partial charge >= 0.3 is 0 Å². The second-order valence-corrected chi connectivity index (χ2v) is 5.98. The number of hydrogen-bond acceptors (Lipinski definition) is 3. The van der Waals surface area contributed by atoms with E-state index in [1.165, 1.54) is 21.7 Å². The highest BCUT2D eigenvalue weighted by Crippen LogP contribution is 2.27. The summed E-state index contributed by atoms with van der Waals surface area (Å²) in [5, 5.41) is 5.48. The van der Waals surface area contributed by atoms with Gasteiger partial charge in [-0.3, -0.25) is 0 Å². The molecule has 2 rings (SSSR count). The van der Waals surface area contributed by atoms with E-state index < -0.39 is 0 Å². The van der Waals surface area contributed by atoms with Crippen molar-refractivity contribution in [2.45, 2.75) is 20.4 Å². The number of nitrogens with one attached hydrogen (secondary N) is 1. The molecule has 4 heteroatoms. The second-order valence-electron chi connectivity index (χ2n) is 4.07. The van der Waals surface area contributed by atoms with Crippen molar-refractivity contribution in [3.63, 3.8) is 0 Å². The van der Waals surface area contributed by atoms with E-state index in [9.17, 15) is 0 Å². The van der Waals surface area contributed by atoms with Gasteiger partial charge in [0.2, 0.25) is 0 Å². The topological polar surface area (TPSA) is 38.0 Å². The highest BCUT2D eigenvalue weighted by Gasteiger charge is 2.05. The summed E-state index contributed by atoms with van der Waals surface area (Å²) in [4.78, 5) is 1.19. The highest BCUT2D eigenvalue weighted by molar-refractivity contribution is 9.10. The Labute approximate surface area is 114 Å². The summed E-state index contributed by atoms with van der Waals surface area (Å²) in [6, 6.07) is 6.18. The van der Waals surface area contributed by atoms with Gasteiger partial charge in [0.15, 0.2) is 0 Å². The maximum atomic E-state index is 5.87. The van der Waals surface area contributed by atoms with Crippen LogP contribution in [0.4, 0.5) is 11.4 Å². The van der Waals surface area contributed by atoms with Crippen molar-refractivity contribution >= 4 is 38.6 Å². The number of nitrogens with two attached hydrogens (primary N) is 1. The number of halogens is 1. The molecule has 0 bridgehead atoms. The molecule has 0 aliphatic rings. The lowest BCUT2D eigenvalue weighted by Crippen LogP contribution is -2.03. The lowest BCUT2D eigenvalue weighted by Gasteiger charge is -2.13. The Morgan fingerprint density at radius 1 is 1.29 bits per heavy atom. The van der Waals surface area contributed by atoms with E-state index in [1.54, 1.807) is 11.3 Å². The average Bonchev–Trinajstić information content (AvgIpc) is 2.62. The number of hydrogen-bond donors (Lipinski definition) is 2. The first-order valence-corrected chi connectivity index (χ1v) is 7.07. The van der Waals surface area contributed by atoms with Gasteiger partial charge < -0.3 is 11.1 Å². The van der Waals surface area contributed by atoms with Crippen LogP contribution in [0.15, 0.2) is 28.1 Å². The molecule has 0 unspecified atom stereocenters. The van der Waals surface area contributed by atoms with Crippen LogP contribution in [0.3, 0.4) is 0 Å². The molecule has 2 nitrogen and oxygen atoms in total. The van der Waals surface area contributed by atoms with E-state index in [-0.39, 0.29) is 0 Å². The number of thiophene rings is 1. The Kier molecular flexibility index (Phi) is 3.74. The summed E-state index contributed by atoms with van der Waals surface area (Å²) in [6.45, 7) is 5.00. The predicted octanol–water partition coefficient (Wildman–Crippen LogP) is 4.32. The van der Waals surface area contributed by atoms with Crippen molar-refractivity contribution in [1.29, 1.82) is 0 Å². The summed E-state index contributed by atoms with van der Waals surface area (Å²) >= 11 is 5.19. The van der Waals surface area contributed by atoms with Gasteiger partial charge in [-0.25, -0.2) is 0 Å². The maximum absolute atomic E-state index is 5.87. The summed E-state index contributed by atoms with van der Waals surface area (Å²) in [6.07, 6.45) is 0. The molecule has 0 saturated carbocycles. The van der Waals surface area contributed by atoms with Crippen LogP contribution in [0.25, 0.3) is 0 Å². The van der Waals surface area contributed by atoms with Crippen LogP contribution in [-0.2, 0) is 6.54 Å². The van der Waals surface area contributed by atoms with E-state index >= 15 is 0 Å². The fraction of sp³-hybridized carbons (Fsp3) is 0.231. The largest absolute Gasteiger partial charge is 0.398 e. The summed E-state index contributed by atoms with van der Waals surface area (Å²) in [5.74, 6) is 0. The predicted molar refractivity (Wildman–Crippen MR) is 79.7 cm³/mol. The zero-order chi connectivity index (χ0) is 12.4. The van der Waals surface area contributed by atoms with Crippen molar-refractivity contribution in [3.05, 3.63) is 44.1 Å². The number of nitrogen functional groups attached to an aromatic ring is 1. The molecule has 0 saturated heterocycles. The Bertz CT molecular complexity index is 511. The molecule has 17 heavy (non-hydrogen) atoms. The van der Waals surface area contributed by atoms with E-state index in [0.717, 1.165) is 16.7 Å². The van der Waals surface area contributed by atoms with E-state index in [2.05, 4.69) is 47.2 Å². The van der Waals surface area contributed by atoms with Crippen LogP contribution in [0.1, 0.15) is 16.0 Å². The van der Waals surface area contributed by atoms with Crippen LogP contribution in [0.2, 0.25) is 0 Å². The minimum atomic E-state index is 0.785.